The van der Waals surface area contributed by atoms with E-state index < -0.39 is 0 Å². The van der Waals surface area contributed by atoms with Crippen LogP contribution in [0.3, 0.4) is 0 Å². The SMILES string of the molecule is CC1=Cc2ccccc2C1c1cccc2c1[CH]([Zr+2])c1ccccc1-2.[Cl-].[Cl-]. The largest absolute Gasteiger partial charge is 1.00 e. The molecule has 0 N–H and O–H groups in total. The predicted octanol–water partition coefficient (Wildman–Crippen LogP) is -0.140. The number of benzene rings is 3. The second kappa shape index (κ2) is 7.47. The van der Waals surface area contributed by atoms with E-state index in [2.05, 4.69) is 79.7 Å². The first kappa shape index (κ1) is 19.6. The third-order valence-corrected chi connectivity index (χ3v) is 6.92. The van der Waals surface area contributed by atoms with Crippen LogP contribution in [0, 0.1) is 0 Å². The molecule has 0 nitrogen and oxygen atoms in total. The monoisotopic (exact) mass is 453 g/mol. The second-order valence-electron chi connectivity index (χ2n) is 6.78. The Kier molecular flexibility index (Phi) is 5.64. The third-order valence-electron chi connectivity index (χ3n) is 5.45. The summed E-state index contributed by atoms with van der Waals surface area (Å²) in [5.41, 5.74) is 11.8. The molecule has 0 amide bonds. The summed E-state index contributed by atoms with van der Waals surface area (Å²) in [5, 5.41) is 0. The van der Waals surface area contributed by atoms with Crippen molar-refractivity contribution in [3.05, 3.63) is 100 Å². The molecule has 26 heavy (non-hydrogen) atoms. The fraction of sp³-hybridized carbons (Fsp3) is 0.130. The molecule has 0 fully saturated rings. The van der Waals surface area contributed by atoms with Gasteiger partial charge in [-0.15, -0.1) is 0 Å². The van der Waals surface area contributed by atoms with E-state index in [1.54, 1.807) is 30.3 Å². The van der Waals surface area contributed by atoms with Crippen molar-refractivity contribution in [1.82, 2.24) is 0 Å². The molecule has 2 aliphatic carbocycles. The van der Waals surface area contributed by atoms with Crippen LogP contribution in [0.25, 0.3) is 17.2 Å². The van der Waals surface area contributed by atoms with Gasteiger partial charge < -0.3 is 24.8 Å². The van der Waals surface area contributed by atoms with Crippen molar-refractivity contribution in [2.24, 2.45) is 0 Å². The molecular formula is C23H17Cl2Zr. The second-order valence-corrected chi connectivity index (χ2v) is 8.20. The summed E-state index contributed by atoms with van der Waals surface area (Å²) < 4.78 is 0.556. The molecule has 0 radical (unpaired) electrons. The van der Waals surface area contributed by atoms with Crippen LogP contribution >= 0.6 is 0 Å². The molecule has 127 valence electrons. The van der Waals surface area contributed by atoms with Gasteiger partial charge in [-0.25, -0.2) is 0 Å². The van der Waals surface area contributed by atoms with Gasteiger partial charge in [-0.3, -0.25) is 0 Å². The Labute approximate surface area is 182 Å². The molecule has 0 spiro atoms. The van der Waals surface area contributed by atoms with Gasteiger partial charge in [-0.2, -0.15) is 0 Å². The first-order valence-corrected chi connectivity index (χ1v) is 9.88. The van der Waals surface area contributed by atoms with Gasteiger partial charge >= 0.3 is 159 Å². The average molecular weight is 456 g/mol. The zero-order valence-electron chi connectivity index (χ0n) is 14.3. The van der Waals surface area contributed by atoms with E-state index in [-0.39, 0.29) is 24.8 Å². The summed E-state index contributed by atoms with van der Waals surface area (Å²) in [6, 6.07) is 24.7. The minimum absolute atomic E-state index is 0. The molecule has 0 aromatic heterocycles. The van der Waals surface area contributed by atoms with Crippen molar-refractivity contribution in [2.45, 2.75) is 16.5 Å². The van der Waals surface area contributed by atoms with Gasteiger partial charge in [0.05, 0.1) is 0 Å². The molecule has 0 bridgehead atoms. The molecular weight excluding hydrogens is 438 g/mol. The summed E-state index contributed by atoms with van der Waals surface area (Å²) in [4.78, 5) is 0. The number of halogens is 2. The van der Waals surface area contributed by atoms with Gasteiger partial charge in [0, 0.05) is 0 Å². The zero-order chi connectivity index (χ0) is 16.3. The van der Waals surface area contributed by atoms with E-state index in [9.17, 15) is 0 Å². The summed E-state index contributed by atoms with van der Waals surface area (Å²) >= 11 is 1.58. The summed E-state index contributed by atoms with van der Waals surface area (Å²) in [5.74, 6) is 0.411. The normalized spacial score (nSPS) is 18.8. The van der Waals surface area contributed by atoms with Crippen molar-refractivity contribution in [3.8, 4) is 11.1 Å². The van der Waals surface area contributed by atoms with Gasteiger partial charge in [0.25, 0.3) is 0 Å². The molecule has 0 saturated carbocycles. The number of hydrogen-bond donors (Lipinski definition) is 0. The number of fused-ring (bicyclic) bond motifs is 4. The zero-order valence-corrected chi connectivity index (χ0v) is 18.3. The molecule has 0 saturated heterocycles. The molecule has 3 aromatic rings. The average Bonchev–Trinajstić information content (AvgIpc) is 3.10. The third kappa shape index (κ3) is 2.77. The van der Waals surface area contributed by atoms with E-state index in [1.165, 1.54) is 39.0 Å². The Hall–Kier alpha value is -1.14. The fourth-order valence-electron chi connectivity index (χ4n) is 4.43. The van der Waals surface area contributed by atoms with Crippen LogP contribution in [0.15, 0.2) is 72.3 Å². The smallest absolute Gasteiger partial charge is 1.00 e. The van der Waals surface area contributed by atoms with E-state index in [0.717, 1.165) is 0 Å². The standard InChI is InChI=1S/C23H17.2ClH.Zr/c1-15-13-16-7-3-5-10-19(16)23(15)21-12-6-11-20-18-9-4-2-8-17(18)14-22(20)21;;;/h2-14,23H,1H3;2*1H;/q;;;+2/p-2. The predicted molar refractivity (Wildman–Crippen MR) is 95.7 cm³/mol. The summed E-state index contributed by atoms with van der Waals surface area (Å²) in [6.45, 7) is 2.28. The van der Waals surface area contributed by atoms with Crippen LogP contribution in [-0.2, 0) is 24.7 Å². The van der Waals surface area contributed by atoms with Gasteiger partial charge in [0.2, 0.25) is 0 Å². The molecule has 0 aliphatic heterocycles. The Bertz CT molecular complexity index is 1010. The number of allylic oxidation sites excluding steroid dienone is 1. The quantitative estimate of drug-likeness (QED) is 0.480. The van der Waals surface area contributed by atoms with E-state index in [4.69, 9.17) is 0 Å². The van der Waals surface area contributed by atoms with Crippen LogP contribution in [0.5, 0.6) is 0 Å². The molecule has 5 rings (SSSR count). The maximum Gasteiger partial charge on any atom is -1.00 e. The van der Waals surface area contributed by atoms with Crippen molar-refractivity contribution >= 4 is 6.08 Å². The van der Waals surface area contributed by atoms with Crippen LogP contribution in [0.2, 0.25) is 0 Å². The molecule has 2 atom stereocenters. The van der Waals surface area contributed by atoms with Crippen LogP contribution in [-0.4, -0.2) is 0 Å². The van der Waals surface area contributed by atoms with E-state index >= 15 is 0 Å². The summed E-state index contributed by atoms with van der Waals surface area (Å²) in [6.07, 6.45) is 2.36. The fourth-order valence-corrected chi connectivity index (χ4v) is 5.84. The minimum atomic E-state index is 0. The Morgan fingerprint density at radius 3 is 2.12 bits per heavy atom. The topological polar surface area (TPSA) is 0 Å². The van der Waals surface area contributed by atoms with Crippen molar-refractivity contribution in [1.29, 1.82) is 0 Å². The van der Waals surface area contributed by atoms with Gasteiger partial charge in [0.15, 0.2) is 0 Å². The van der Waals surface area contributed by atoms with Gasteiger partial charge in [-0.05, 0) is 0 Å². The Morgan fingerprint density at radius 2 is 1.31 bits per heavy atom. The summed E-state index contributed by atoms with van der Waals surface area (Å²) in [7, 11) is 0. The number of rotatable bonds is 1. The maximum absolute atomic E-state index is 2.36. The molecule has 2 aliphatic rings. The van der Waals surface area contributed by atoms with E-state index in [0.29, 0.717) is 9.54 Å². The molecule has 3 heteroatoms. The molecule has 3 aromatic carbocycles. The first-order valence-electron chi connectivity index (χ1n) is 8.46. The number of hydrogen-bond acceptors (Lipinski definition) is 0. The van der Waals surface area contributed by atoms with Crippen molar-refractivity contribution < 1.29 is 49.5 Å². The van der Waals surface area contributed by atoms with Crippen LogP contribution in [0.1, 0.15) is 44.3 Å². The Balaban J connectivity index is 0.000000980. The van der Waals surface area contributed by atoms with E-state index in [1.807, 2.05) is 0 Å². The van der Waals surface area contributed by atoms with Crippen molar-refractivity contribution in [3.63, 3.8) is 0 Å². The maximum atomic E-state index is 2.36. The Morgan fingerprint density at radius 1 is 0.692 bits per heavy atom. The molecule has 2 unspecified atom stereocenters. The molecule has 0 heterocycles. The van der Waals surface area contributed by atoms with Crippen LogP contribution in [0.4, 0.5) is 0 Å². The van der Waals surface area contributed by atoms with Crippen LogP contribution < -0.4 is 24.8 Å². The minimum Gasteiger partial charge on any atom is -1.00 e. The van der Waals surface area contributed by atoms with Crippen molar-refractivity contribution in [2.75, 3.05) is 0 Å². The van der Waals surface area contributed by atoms with Gasteiger partial charge in [0.1, 0.15) is 0 Å². The van der Waals surface area contributed by atoms with Gasteiger partial charge in [-0.1, -0.05) is 0 Å². The first-order chi connectivity index (χ1) is 11.8.